The van der Waals surface area contributed by atoms with Crippen molar-refractivity contribution in [3.8, 4) is 0 Å². The molecular formula is C8H8LaO6. The van der Waals surface area contributed by atoms with E-state index >= 15 is 0 Å². The van der Waals surface area contributed by atoms with E-state index in [0.717, 1.165) is 0 Å². The van der Waals surface area contributed by atoms with Crippen molar-refractivity contribution in [2.24, 2.45) is 0 Å². The fourth-order valence-corrected chi connectivity index (χ4v) is 0.755. The van der Waals surface area contributed by atoms with Crippen molar-refractivity contribution in [3.63, 3.8) is 0 Å². The minimum atomic E-state index is -2.00. The zero-order valence-corrected chi connectivity index (χ0v) is 11.1. The van der Waals surface area contributed by atoms with Gasteiger partial charge in [0.2, 0.25) is 0 Å². The Bertz CT molecular complexity index is 300. The van der Waals surface area contributed by atoms with E-state index in [9.17, 15) is 9.59 Å². The van der Waals surface area contributed by atoms with Crippen LogP contribution in [0.3, 0.4) is 0 Å². The number of carboxylic acid groups (broad SMARTS) is 2. The summed E-state index contributed by atoms with van der Waals surface area (Å²) in [5.74, 6) is -2.13. The van der Waals surface area contributed by atoms with Gasteiger partial charge in [0, 0.05) is 0 Å². The van der Waals surface area contributed by atoms with Crippen LogP contribution >= 0.6 is 0 Å². The van der Waals surface area contributed by atoms with Crippen LogP contribution in [0.2, 0.25) is 0 Å². The van der Waals surface area contributed by atoms with Gasteiger partial charge in [-0.15, -0.1) is 0 Å². The number of carbonyl (C=O) groups is 2. The summed E-state index contributed by atoms with van der Waals surface area (Å²) in [6.07, 6.45) is 0. The van der Waals surface area contributed by atoms with E-state index in [4.69, 9.17) is 14.4 Å². The van der Waals surface area contributed by atoms with Crippen molar-refractivity contribution in [3.05, 3.63) is 35.4 Å². The maximum atomic E-state index is 10.3. The second-order valence-corrected chi connectivity index (χ2v) is 3.03. The van der Waals surface area contributed by atoms with Crippen molar-refractivity contribution in [1.82, 2.24) is 0 Å². The molecule has 7 heteroatoms. The van der Waals surface area contributed by atoms with Gasteiger partial charge < -0.3 is 10.2 Å². The molecule has 4 N–H and O–H groups in total. The molecule has 0 bridgehead atoms. The number of hydrogen-bond donors (Lipinski definition) is 4. The van der Waals surface area contributed by atoms with E-state index in [1.54, 1.807) is 0 Å². The van der Waals surface area contributed by atoms with Crippen molar-refractivity contribution >= 4 is 11.9 Å². The standard InChI is InChI=1S/C8H6O4.La.2H2O/c9-7(10)5-1-2-6(4-3-5)8(11)12;;;/h1-4H,(H,9,10)(H,11,12);;2*1H2/q;+2;;/p-2. The summed E-state index contributed by atoms with van der Waals surface area (Å²) in [6, 6.07) is 5.02. The van der Waals surface area contributed by atoms with Crippen LogP contribution in [0.15, 0.2) is 24.3 Å². The molecule has 1 aromatic carbocycles. The molecule has 0 aliphatic rings. The first-order valence-corrected chi connectivity index (χ1v) is 6.94. The van der Waals surface area contributed by atoms with Gasteiger partial charge in [0.1, 0.15) is 0 Å². The van der Waals surface area contributed by atoms with Gasteiger partial charge in [-0.3, -0.25) is 0 Å². The maximum absolute atomic E-state index is 10.3. The topological polar surface area (TPSA) is 115 Å². The Hall–Kier alpha value is -0.725. The molecule has 6 nitrogen and oxygen atoms in total. The van der Waals surface area contributed by atoms with Gasteiger partial charge in [0.15, 0.2) is 0 Å². The van der Waals surface area contributed by atoms with Gasteiger partial charge >= 0.3 is 49.0 Å². The third-order valence-corrected chi connectivity index (χ3v) is 1.38. The average Bonchev–Trinajstić information content (AvgIpc) is 2.19. The summed E-state index contributed by atoms with van der Waals surface area (Å²) in [5, 5.41) is 16.9. The Labute approximate surface area is 104 Å². The summed E-state index contributed by atoms with van der Waals surface area (Å²) in [6.45, 7) is 0. The first kappa shape index (κ1) is 14.3. The summed E-state index contributed by atoms with van der Waals surface area (Å²) in [5.41, 5.74) is 0.167. The number of aromatic carboxylic acids is 2. The molecule has 0 aromatic heterocycles. The first-order valence-electron chi connectivity index (χ1n) is 3.69. The van der Waals surface area contributed by atoms with Gasteiger partial charge in [0.05, 0.1) is 11.1 Å². The number of hydrogen-bond acceptors (Lipinski definition) is 4. The minimum absolute atomic E-state index is 0.0833. The molecule has 0 aliphatic heterocycles. The summed E-state index contributed by atoms with van der Waals surface area (Å²) >= 11 is -2.00. The van der Waals surface area contributed by atoms with E-state index in [1.165, 1.54) is 24.3 Å². The molecule has 0 heterocycles. The van der Waals surface area contributed by atoms with Crippen LogP contribution in [0.25, 0.3) is 0 Å². The fraction of sp³-hybridized carbons (Fsp3) is 0. The first-order chi connectivity index (χ1) is 7.02. The number of carboxylic acids is 2. The van der Waals surface area contributed by atoms with E-state index in [2.05, 4.69) is 0 Å². The van der Waals surface area contributed by atoms with Crippen LogP contribution < -0.4 is 0 Å². The summed E-state index contributed by atoms with van der Waals surface area (Å²) in [7, 11) is 0. The normalized spacial score (nSPS) is 8.13. The molecule has 0 saturated heterocycles. The van der Waals surface area contributed by atoms with Crippen LogP contribution in [0.5, 0.6) is 0 Å². The molecule has 0 radical (unpaired) electrons. The monoisotopic (exact) mass is 339 g/mol. The molecule has 0 atom stereocenters. The van der Waals surface area contributed by atoms with Crippen LogP contribution in [0.4, 0.5) is 0 Å². The molecule has 79 valence electrons. The molecule has 1 aromatic rings. The quantitative estimate of drug-likeness (QED) is 0.602. The zero-order valence-electron chi connectivity index (χ0n) is 7.49. The molecule has 0 amide bonds. The van der Waals surface area contributed by atoms with E-state index in [0.29, 0.717) is 0 Å². The van der Waals surface area contributed by atoms with Gasteiger partial charge in [-0.25, -0.2) is 9.59 Å². The van der Waals surface area contributed by atoms with E-state index < -0.39 is 44.9 Å². The summed E-state index contributed by atoms with van der Waals surface area (Å²) < 4.78 is 14.7. The second kappa shape index (κ2) is 7.55. The van der Waals surface area contributed by atoms with Gasteiger partial charge in [0.25, 0.3) is 0 Å². The molecule has 1 rings (SSSR count). The zero-order chi connectivity index (χ0) is 11.8. The van der Waals surface area contributed by atoms with Crippen molar-refractivity contribution < 1.29 is 56.9 Å². The Kier molecular flexibility index (Phi) is 7.19. The molecule has 15 heavy (non-hydrogen) atoms. The van der Waals surface area contributed by atoms with Crippen LogP contribution in [-0.4, -0.2) is 26.3 Å². The Balaban J connectivity index is 0.000000583. The second-order valence-electron chi connectivity index (χ2n) is 2.30. The number of rotatable bonds is 2. The molecule has 0 unspecified atom stereocenters. The molecule has 0 spiro atoms. The van der Waals surface area contributed by atoms with Crippen LogP contribution in [0, 0.1) is 32.9 Å². The van der Waals surface area contributed by atoms with E-state index in [-0.39, 0.29) is 11.1 Å². The Morgan fingerprint density at radius 3 is 1.20 bits per heavy atom. The van der Waals surface area contributed by atoms with E-state index in [1.807, 2.05) is 0 Å². The Morgan fingerprint density at radius 1 is 0.867 bits per heavy atom. The SMILES string of the molecule is O=C(O)c1ccc(C(=O)O)cc1.[OH][La][OH]. The molecule has 0 saturated carbocycles. The molecular weight excluding hydrogens is 331 g/mol. The third kappa shape index (κ3) is 5.65. The molecule has 0 fully saturated rings. The number of benzene rings is 1. The third-order valence-electron chi connectivity index (χ3n) is 1.38. The predicted octanol–water partition coefficient (Wildman–Crippen LogP) is -0.0310. The van der Waals surface area contributed by atoms with Gasteiger partial charge in [-0.2, -0.15) is 0 Å². The Morgan fingerprint density at radius 2 is 1.07 bits per heavy atom. The fourth-order valence-electron chi connectivity index (χ4n) is 0.755. The van der Waals surface area contributed by atoms with Crippen molar-refractivity contribution in [1.29, 1.82) is 0 Å². The van der Waals surface area contributed by atoms with Gasteiger partial charge in [-0.1, -0.05) is 0 Å². The van der Waals surface area contributed by atoms with Crippen LogP contribution in [0.1, 0.15) is 20.7 Å². The van der Waals surface area contributed by atoms with Gasteiger partial charge in [-0.05, 0) is 24.3 Å². The van der Waals surface area contributed by atoms with Crippen molar-refractivity contribution in [2.75, 3.05) is 0 Å². The predicted molar refractivity (Wildman–Crippen MR) is 44.8 cm³/mol. The average molecular weight is 339 g/mol. The van der Waals surface area contributed by atoms with Crippen LogP contribution in [-0.2, 0) is 0 Å². The summed E-state index contributed by atoms with van der Waals surface area (Å²) in [4.78, 5) is 20.7. The van der Waals surface area contributed by atoms with Crippen molar-refractivity contribution in [2.45, 2.75) is 0 Å². The molecule has 0 aliphatic carbocycles.